The van der Waals surface area contributed by atoms with Crippen molar-refractivity contribution >= 4 is 123 Å². The standard InChI is InChI=1S/C37H44N2O14S4.C17H16N2.C16H21NO7S2.CH4.ClH.3Na.H/c1-36-16-6-10-24(34(36)38(20-26(40)22-55(43,44)45)32-14-12-28(18-30(32)36)54-53-52-42)8-4-3-5-9-25-11-7-17-37(2)31-19-29(57(49,50)51)13-15-33(31)39(35(25)37)21-27(41)23-56(46,47)48;1-4-10-16(11-5-1)18-14-8-3-9-15-19-17-12-6-2-7-13-17;1-16-7-3-2-4-15(16)17(9-11(18)10-26(20,21)22)14-6-5-12(8-13(14)16)25-24-23-19;;;;;;/h3-5,8-9,12-15,18-19,26-27,40-41H,6-7,10-11,16-17,20-23H2,1-2H3,(H3-,42,43,44,45,46,47,48,49,50,51);1-15,18H;5-6,8,11,18H,2-4,7,9-10H2,1H3,(H-,19,20,21,22);1H4;1H;;;;/q;;;;;3*+1;-1/p-3/b;9-3+,14-8+,19-15?;;;;;;;/i;;;;;;;;1+1. The van der Waals surface area contributed by atoms with Crippen molar-refractivity contribution in [2.24, 2.45) is 4.99 Å². The number of nitrogens with one attached hydrogen (secondary N) is 1. The number of hydrogen-bond acceptors (Lipinski definition) is 26. The summed E-state index contributed by atoms with van der Waals surface area (Å²) >= 11 is 1.61. The Labute approximate surface area is 708 Å². The summed E-state index contributed by atoms with van der Waals surface area (Å²) < 4.78 is 151. The van der Waals surface area contributed by atoms with Gasteiger partial charge in [-0.05, 0) is 162 Å². The van der Waals surface area contributed by atoms with E-state index in [1.165, 1.54) is 18.2 Å². The summed E-state index contributed by atoms with van der Waals surface area (Å²) in [6.07, 6.45) is 22.2. The molecular formula is C71H84ClN5Na3O21S6-. The fraction of sp³-hybridized carbons (Fsp3) is 0.366. The van der Waals surface area contributed by atoms with Gasteiger partial charge in [-0.2, -0.15) is 13.5 Å². The first-order valence-electron chi connectivity index (χ1n) is 32.4. The van der Waals surface area contributed by atoms with Crippen LogP contribution in [0.2, 0.25) is 0 Å². The fourth-order valence-electron chi connectivity index (χ4n) is 14.5. The van der Waals surface area contributed by atoms with E-state index >= 15 is 0 Å². The molecule has 2 fully saturated rings. The van der Waals surface area contributed by atoms with Crippen LogP contribution in [-0.4, -0.2) is 154 Å². The number of allylic oxidation sites excluding steroid dienone is 11. The molecule has 0 aromatic heterocycles. The Morgan fingerprint density at radius 2 is 1.17 bits per heavy atom. The van der Waals surface area contributed by atoms with Crippen molar-refractivity contribution in [3.05, 3.63) is 204 Å². The molecule has 6 atom stereocenters. The number of β-amino-alcohol motifs (C(OH)–C–C–N with tert-alkyl or cyclic N) is 3. The van der Waals surface area contributed by atoms with E-state index < -0.39 is 91.8 Å². The number of nitrogens with zero attached hydrogens (tertiary/aromatic N) is 4. The van der Waals surface area contributed by atoms with Crippen LogP contribution in [0, 0.1) is 0 Å². The smallest absolute Gasteiger partial charge is 1.00 e. The third-order valence-electron chi connectivity index (χ3n) is 18.5. The van der Waals surface area contributed by atoms with E-state index in [-0.39, 0.29) is 135 Å². The molecule has 26 nitrogen and oxygen atoms in total. The minimum atomic E-state index is -4.80. The van der Waals surface area contributed by atoms with Crippen molar-refractivity contribution in [1.82, 2.24) is 0 Å². The molecule has 6 unspecified atom stereocenters. The molecule has 3 aliphatic carbocycles. The van der Waals surface area contributed by atoms with Crippen molar-refractivity contribution in [3.63, 3.8) is 0 Å². The van der Waals surface area contributed by atoms with Crippen molar-refractivity contribution in [3.8, 4) is 0 Å². The molecule has 2 saturated carbocycles. The quantitative estimate of drug-likeness (QED) is 0.00719. The first-order valence-corrected chi connectivity index (χ1v) is 40.1. The number of anilines is 2. The number of halogens is 1. The molecule has 107 heavy (non-hydrogen) atoms. The van der Waals surface area contributed by atoms with E-state index in [4.69, 9.17) is 5.26 Å². The number of para-hydroxylation sites is 2. The molecule has 0 amide bonds. The number of benzene rings is 5. The molecule has 5 aromatic rings. The second kappa shape index (κ2) is 42.5. The zero-order chi connectivity index (χ0) is 73.7. The summed E-state index contributed by atoms with van der Waals surface area (Å²) in [5.74, 6) is -2.80. The summed E-state index contributed by atoms with van der Waals surface area (Å²) in [4.78, 5) is 6.89. The summed E-state index contributed by atoms with van der Waals surface area (Å²) in [6.45, 7) is 5.68. The van der Waals surface area contributed by atoms with E-state index in [1.54, 1.807) is 41.5 Å². The van der Waals surface area contributed by atoms with Gasteiger partial charge in [-0.3, -0.25) is 10.0 Å². The normalized spacial score (nSPS) is 20.8. The van der Waals surface area contributed by atoms with Crippen molar-refractivity contribution in [2.45, 2.75) is 142 Å². The van der Waals surface area contributed by atoms with E-state index in [2.05, 4.69) is 36.0 Å². The number of hydrogen-bond donors (Lipinski definition) is 5. The van der Waals surface area contributed by atoms with Gasteiger partial charge in [0.05, 0.1) is 99.2 Å². The van der Waals surface area contributed by atoms with Crippen LogP contribution in [0.1, 0.15) is 111 Å². The average molecular weight is 1640 g/mol. The minimum Gasteiger partial charge on any atom is -1.00 e. The van der Waals surface area contributed by atoms with Gasteiger partial charge in [-0.25, -0.2) is 38.9 Å². The topological polar surface area (TPSA) is 403 Å². The van der Waals surface area contributed by atoms with Crippen molar-refractivity contribution in [1.29, 1.82) is 0 Å². The zero-order valence-corrected chi connectivity index (χ0v) is 70.9. The Morgan fingerprint density at radius 3 is 1.78 bits per heavy atom. The second-order valence-electron chi connectivity index (χ2n) is 25.8. The molecule has 0 radical (unpaired) electrons. The summed E-state index contributed by atoms with van der Waals surface area (Å²) in [5, 5.41) is 60.7. The second-order valence-corrected chi connectivity index (χ2v) is 33.1. The number of aliphatic hydroxyl groups excluding tert-OH is 3. The number of aliphatic imine (C=N–C) groups is 1. The van der Waals surface area contributed by atoms with Crippen LogP contribution in [0.5, 0.6) is 0 Å². The molecule has 36 heteroatoms. The van der Waals surface area contributed by atoms with Gasteiger partial charge in [0.1, 0.15) is 22.3 Å². The Hall–Kier alpha value is -3.58. The largest absolute Gasteiger partial charge is 1.00 e. The van der Waals surface area contributed by atoms with E-state index in [0.717, 1.165) is 112 Å². The van der Waals surface area contributed by atoms with Crippen molar-refractivity contribution < 1.29 is 196 Å². The average Bonchev–Trinajstić information content (AvgIpc) is 1.57. The molecule has 0 spiro atoms. The van der Waals surface area contributed by atoms with Crippen LogP contribution in [0.25, 0.3) is 0 Å². The first-order chi connectivity index (χ1) is 48.3. The van der Waals surface area contributed by atoms with Crippen LogP contribution in [-0.2, 0) is 75.5 Å². The molecule has 566 valence electrons. The Kier molecular flexibility index (Phi) is 38.1. The van der Waals surface area contributed by atoms with E-state index in [9.17, 15) is 72.5 Å². The number of rotatable bonds is 27. The number of fused-ring (bicyclic) bond motifs is 9. The third-order valence-corrected chi connectivity index (χ3v) is 22.9. The molecule has 0 saturated heterocycles. The molecule has 11 rings (SSSR count). The SMILES string of the molecule is C.C(/C=C/C=C/Nc1ccccc1)=Nc1ccccc1.CC12CCCC(/C=C/C=C/C=C3\CCCC4(C)C3=[N+](CC(O)CS(=O)(=O)[O-])c3ccc(SOO[O-])cc34)=C1N(CC(O)CS(=O)(=O)[O-])c1ccc(S(=O)(=O)[O-])cc12.CC12CCCCC1=[N+](CC(O)CS(=O)(=O)[O-])c1ccc(SOOO)cc12.Cl.[2H-].[Na+].[Na+].[Na+]. The van der Waals surface area contributed by atoms with Gasteiger partial charge in [0.2, 0.25) is 11.4 Å². The van der Waals surface area contributed by atoms with Crippen LogP contribution >= 0.6 is 36.5 Å². The van der Waals surface area contributed by atoms with Gasteiger partial charge in [-0.1, -0.05) is 91.7 Å². The Bertz CT molecular complexity index is 4660. The van der Waals surface area contributed by atoms with E-state index in [0.29, 0.717) is 59.6 Å². The molecular weight excluding hydrogens is 1560 g/mol. The maximum absolute atomic E-state index is 12.0. The molecule has 0 bridgehead atoms. The van der Waals surface area contributed by atoms with Crippen LogP contribution < -0.4 is 104 Å². The predicted octanol–water partition coefficient (Wildman–Crippen LogP) is 1.13. The zero-order valence-electron chi connectivity index (χ0n) is 60.2. The molecule has 5 aromatic carbocycles. The number of aliphatic hydroxyl groups is 3. The molecule has 6 aliphatic rings. The first kappa shape index (κ1) is 95.8. The summed E-state index contributed by atoms with van der Waals surface area (Å²) in [5.41, 5.74) is 9.32. The minimum absolute atomic E-state index is 0. The predicted molar refractivity (Wildman–Crippen MR) is 394 cm³/mol. The van der Waals surface area contributed by atoms with Crippen molar-refractivity contribution in [2.75, 3.05) is 47.1 Å². The monoisotopic (exact) mass is 1640 g/mol. The van der Waals surface area contributed by atoms with Crippen LogP contribution in [0.3, 0.4) is 0 Å². The van der Waals surface area contributed by atoms with Crippen LogP contribution in [0.15, 0.2) is 207 Å². The van der Waals surface area contributed by atoms with Gasteiger partial charge in [0.25, 0.3) is 0 Å². The van der Waals surface area contributed by atoms with Gasteiger partial charge in [0.15, 0.2) is 24.5 Å². The summed E-state index contributed by atoms with van der Waals surface area (Å²) in [6, 6.07) is 34.7. The van der Waals surface area contributed by atoms with Crippen LogP contribution in [0.4, 0.5) is 28.4 Å². The third kappa shape index (κ3) is 25.7. The molecule has 3 heterocycles. The Morgan fingerprint density at radius 1 is 0.617 bits per heavy atom. The molecule has 3 aliphatic heterocycles. The maximum atomic E-state index is 12.0. The van der Waals surface area contributed by atoms with Gasteiger partial charge < -0.3 is 50.4 Å². The summed E-state index contributed by atoms with van der Waals surface area (Å²) in [7, 11) is -18.8. The van der Waals surface area contributed by atoms with Gasteiger partial charge in [-0.15, -0.1) is 16.7 Å². The molecule has 5 N–H and O–H groups in total. The Balaban J connectivity index is 0.000000490. The fourth-order valence-corrected chi connectivity index (χ4v) is 17.5. The van der Waals surface area contributed by atoms with Gasteiger partial charge in [0, 0.05) is 86.5 Å². The maximum Gasteiger partial charge on any atom is 1.00 e. The van der Waals surface area contributed by atoms with E-state index in [1.807, 2.05) is 145 Å². The van der Waals surface area contributed by atoms with Gasteiger partial charge >= 0.3 is 88.7 Å².